The molecule has 0 saturated heterocycles. The minimum absolute atomic E-state index is 0.237. The average molecular weight is 417 g/mol. The van der Waals surface area contributed by atoms with Gasteiger partial charge >= 0.3 is 5.97 Å². The fraction of sp³-hybridized carbons (Fsp3) is 0.364. The number of ether oxygens (including phenoxy) is 5. The predicted octanol–water partition coefficient (Wildman–Crippen LogP) is 2.76. The quantitative estimate of drug-likeness (QED) is 0.444. The lowest BCUT2D eigenvalue weighted by Gasteiger charge is -2.12. The van der Waals surface area contributed by atoms with Crippen molar-refractivity contribution in [3.05, 3.63) is 47.5 Å². The fourth-order valence-corrected chi connectivity index (χ4v) is 2.63. The summed E-state index contributed by atoms with van der Waals surface area (Å²) in [6, 6.07) is 10.3. The molecule has 162 valence electrons. The third-order valence-corrected chi connectivity index (χ3v) is 4.15. The van der Waals surface area contributed by atoms with E-state index in [1.54, 1.807) is 24.3 Å². The Morgan fingerprint density at radius 2 is 1.50 bits per heavy atom. The molecule has 0 fully saturated rings. The van der Waals surface area contributed by atoms with Crippen LogP contribution in [-0.2, 0) is 9.53 Å². The highest BCUT2D eigenvalue weighted by Gasteiger charge is 2.16. The van der Waals surface area contributed by atoms with Crippen molar-refractivity contribution in [2.45, 2.75) is 13.8 Å². The lowest BCUT2D eigenvalue weighted by molar-refractivity contribution is -0.124. The Morgan fingerprint density at radius 1 is 0.933 bits per heavy atom. The van der Waals surface area contributed by atoms with E-state index in [-0.39, 0.29) is 18.7 Å². The van der Waals surface area contributed by atoms with Crippen LogP contribution in [-0.4, -0.2) is 52.5 Å². The minimum Gasteiger partial charge on any atom is -0.496 e. The van der Waals surface area contributed by atoms with Gasteiger partial charge in [-0.2, -0.15) is 0 Å². The van der Waals surface area contributed by atoms with Crippen molar-refractivity contribution in [3.8, 4) is 23.0 Å². The summed E-state index contributed by atoms with van der Waals surface area (Å²) >= 11 is 0. The number of hydrogen-bond acceptors (Lipinski definition) is 7. The molecule has 8 heteroatoms. The van der Waals surface area contributed by atoms with E-state index in [0.29, 0.717) is 23.9 Å². The van der Waals surface area contributed by atoms with Gasteiger partial charge in [-0.15, -0.1) is 0 Å². The molecule has 0 spiro atoms. The summed E-state index contributed by atoms with van der Waals surface area (Å²) in [4.78, 5) is 24.1. The monoisotopic (exact) mass is 417 g/mol. The fourth-order valence-electron chi connectivity index (χ4n) is 2.63. The molecular weight excluding hydrogens is 390 g/mol. The van der Waals surface area contributed by atoms with Crippen molar-refractivity contribution < 1.29 is 33.3 Å². The van der Waals surface area contributed by atoms with Gasteiger partial charge in [0.05, 0.1) is 32.9 Å². The summed E-state index contributed by atoms with van der Waals surface area (Å²) in [6.45, 7) is 4.48. The molecule has 1 N–H and O–H groups in total. The summed E-state index contributed by atoms with van der Waals surface area (Å²) < 4.78 is 26.4. The van der Waals surface area contributed by atoms with Gasteiger partial charge in [0.15, 0.2) is 6.61 Å². The Morgan fingerprint density at radius 3 is 2.03 bits per heavy atom. The summed E-state index contributed by atoms with van der Waals surface area (Å²) in [5.41, 5.74) is 1.00. The minimum atomic E-state index is -0.646. The first-order valence-corrected chi connectivity index (χ1v) is 9.50. The maximum Gasteiger partial charge on any atom is 0.338 e. The second-order valence-electron chi connectivity index (χ2n) is 6.18. The molecule has 2 aromatic carbocycles. The van der Waals surface area contributed by atoms with Crippen molar-refractivity contribution in [3.63, 3.8) is 0 Å². The van der Waals surface area contributed by atoms with Gasteiger partial charge in [-0.1, -0.05) is 0 Å². The second-order valence-corrected chi connectivity index (χ2v) is 6.18. The van der Waals surface area contributed by atoms with Crippen LogP contribution < -0.4 is 24.3 Å². The Bertz CT molecular complexity index is 824. The van der Waals surface area contributed by atoms with Gasteiger partial charge in [0.25, 0.3) is 5.91 Å². The Balaban J connectivity index is 1.74. The van der Waals surface area contributed by atoms with Crippen LogP contribution in [0.2, 0.25) is 0 Å². The number of rotatable bonds is 11. The van der Waals surface area contributed by atoms with Crippen molar-refractivity contribution in [2.75, 3.05) is 40.6 Å². The molecule has 0 radical (unpaired) electrons. The zero-order valence-corrected chi connectivity index (χ0v) is 17.7. The first kappa shape index (κ1) is 22.9. The largest absolute Gasteiger partial charge is 0.496 e. The molecular formula is C22H27NO7. The van der Waals surface area contributed by atoms with E-state index < -0.39 is 18.5 Å². The number of amides is 1. The molecule has 0 unspecified atom stereocenters. The van der Waals surface area contributed by atoms with Gasteiger partial charge in [-0.3, -0.25) is 4.79 Å². The topological polar surface area (TPSA) is 92.3 Å². The number of methoxy groups -OCH3 is 2. The number of carbonyl (C=O) groups excluding carboxylic acids is 2. The van der Waals surface area contributed by atoms with Gasteiger partial charge in [-0.05, 0) is 50.2 Å². The Hall–Kier alpha value is -3.42. The van der Waals surface area contributed by atoms with E-state index in [9.17, 15) is 9.59 Å². The van der Waals surface area contributed by atoms with E-state index in [4.69, 9.17) is 23.7 Å². The molecule has 0 saturated carbocycles. The molecule has 1 amide bonds. The standard InChI is InChI=1S/C22H27NO7/c1-5-28-17-6-8-18(9-7-17)29-11-10-23-21(24)14-30-22(25)16-12-19(26-3)15(2)20(13-16)27-4/h6-9,12-13H,5,10-11,14H2,1-4H3,(H,23,24). The van der Waals surface area contributed by atoms with Gasteiger partial charge in [0, 0.05) is 5.56 Å². The molecule has 8 nitrogen and oxygen atoms in total. The molecule has 0 aliphatic carbocycles. The van der Waals surface area contributed by atoms with Gasteiger partial charge < -0.3 is 29.0 Å². The highest BCUT2D eigenvalue weighted by molar-refractivity contribution is 5.92. The number of nitrogens with one attached hydrogen (secondary N) is 1. The predicted molar refractivity (Wildman–Crippen MR) is 111 cm³/mol. The summed E-state index contributed by atoms with van der Waals surface area (Å²) in [7, 11) is 3.00. The zero-order valence-electron chi connectivity index (χ0n) is 17.7. The summed E-state index contributed by atoms with van der Waals surface area (Å²) in [5, 5.41) is 2.63. The third-order valence-electron chi connectivity index (χ3n) is 4.15. The van der Waals surface area contributed by atoms with Crippen molar-refractivity contribution in [1.29, 1.82) is 0 Å². The zero-order chi connectivity index (χ0) is 21.9. The Labute approximate surface area is 176 Å². The van der Waals surface area contributed by atoms with Crippen LogP contribution in [0, 0.1) is 6.92 Å². The molecule has 0 aliphatic rings. The maximum atomic E-state index is 12.2. The molecule has 0 atom stereocenters. The van der Waals surface area contributed by atoms with Crippen molar-refractivity contribution in [2.24, 2.45) is 0 Å². The van der Waals surface area contributed by atoms with Gasteiger partial charge in [0.1, 0.15) is 29.6 Å². The lowest BCUT2D eigenvalue weighted by Crippen LogP contribution is -2.32. The van der Waals surface area contributed by atoms with E-state index in [1.807, 2.05) is 26.0 Å². The smallest absolute Gasteiger partial charge is 0.338 e. The highest BCUT2D eigenvalue weighted by atomic mass is 16.5. The first-order chi connectivity index (χ1) is 14.5. The van der Waals surface area contributed by atoms with Crippen LogP contribution in [0.1, 0.15) is 22.8 Å². The van der Waals surface area contributed by atoms with Crippen LogP contribution in [0.25, 0.3) is 0 Å². The SMILES string of the molecule is CCOc1ccc(OCCNC(=O)COC(=O)c2cc(OC)c(C)c(OC)c2)cc1. The Kier molecular flexibility index (Phi) is 8.80. The molecule has 0 aliphatic heterocycles. The van der Waals surface area contributed by atoms with E-state index in [1.165, 1.54) is 14.2 Å². The molecule has 30 heavy (non-hydrogen) atoms. The summed E-state index contributed by atoms with van der Waals surface area (Å²) in [5.74, 6) is 1.36. The molecule has 2 rings (SSSR count). The molecule has 0 heterocycles. The van der Waals surface area contributed by atoms with Crippen LogP contribution in [0.5, 0.6) is 23.0 Å². The molecule has 0 aromatic heterocycles. The van der Waals surface area contributed by atoms with Crippen LogP contribution in [0.15, 0.2) is 36.4 Å². The first-order valence-electron chi connectivity index (χ1n) is 9.50. The number of hydrogen-bond donors (Lipinski definition) is 1. The maximum absolute atomic E-state index is 12.2. The molecule has 2 aromatic rings. The van der Waals surface area contributed by atoms with Crippen LogP contribution >= 0.6 is 0 Å². The van der Waals surface area contributed by atoms with Gasteiger partial charge in [0.2, 0.25) is 0 Å². The normalized spacial score (nSPS) is 10.1. The van der Waals surface area contributed by atoms with E-state index in [0.717, 1.165) is 11.3 Å². The molecule has 0 bridgehead atoms. The number of benzene rings is 2. The van der Waals surface area contributed by atoms with E-state index in [2.05, 4.69) is 5.32 Å². The summed E-state index contributed by atoms with van der Waals surface area (Å²) in [6.07, 6.45) is 0. The van der Waals surface area contributed by atoms with Crippen LogP contribution in [0.4, 0.5) is 0 Å². The highest BCUT2D eigenvalue weighted by Crippen LogP contribution is 2.29. The third kappa shape index (κ3) is 6.58. The van der Waals surface area contributed by atoms with Crippen molar-refractivity contribution >= 4 is 11.9 Å². The number of carbonyl (C=O) groups is 2. The van der Waals surface area contributed by atoms with E-state index >= 15 is 0 Å². The van der Waals surface area contributed by atoms with Gasteiger partial charge in [-0.25, -0.2) is 4.79 Å². The van der Waals surface area contributed by atoms with Crippen LogP contribution in [0.3, 0.4) is 0 Å². The van der Waals surface area contributed by atoms with Crippen molar-refractivity contribution in [1.82, 2.24) is 5.32 Å². The number of esters is 1. The lowest BCUT2D eigenvalue weighted by atomic mass is 10.1. The second kappa shape index (κ2) is 11.5. The average Bonchev–Trinajstić information content (AvgIpc) is 2.76.